The number of rotatable bonds is 5. The first kappa shape index (κ1) is 20.5. The molecule has 0 bridgehead atoms. The lowest BCUT2D eigenvalue weighted by Gasteiger charge is -2.12. The molecule has 2 rings (SSSR count). The lowest BCUT2D eigenvalue weighted by molar-refractivity contribution is 0.795. The summed E-state index contributed by atoms with van der Waals surface area (Å²) in [6.07, 6.45) is 0.965. The molecule has 0 spiro atoms. The maximum atomic E-state index is 6.15. The van der Waals surface area contributed by atoms with Crippen LogP contribution in [0.15, 0.2) is 28.6 Å². The molecule has 1 aromatic carbocycles. The molecule has 0 radical (unpaired) electrons. The third-order valence-corrected chi connectivity index (χ3v) is 4.65. The van der Waals surface area contributed by atoms with Crippen LogP contribution in [0, 0.1) is 0 Å². The van der Waals surface area contributed by atoms with Gasteiger partial charge in [0.15, 0.2) is 5.96 Å². The number of halogens is 3. The van der Waals surface area contributed by atoms with Gasteiger partial charge in [0.05, 0.1) is 17.2 Å². The van der Waals surface area contributed by atoms with Crippen LogP contribution in [-0.2, 0) is 19.5 Å². The standard InChI is InChI=1S/C15H18Cl2N4S.HI/c1-3-14-21-12(9-22-14)8-20-15(18-2)19-7-10-4-5-11(16)6-13(10)17;/h4-6,9H,3,7-8H2,1-2H3,(H2,18,19,20);1H. The van der Waals surface area contributed by atoms with Crippen molar-refractivity contribution in [2.75, 3.05) is 7.05 Å². The number of hydrogen-bond acceptors (Lipinski definition) is 3. The van der Waals surface area contributed by atoms with E-state index < -0.39 is 0 Å². The summed E-state index contributed by atoms with van der Waals surface area (Å²) in [7, 11) is 1.73. The number of nitrogens with zero attached hydrogens (tertiary/aromatic N) is 2. The van der Waals surface area contributed by atoms with E-state index in [4.69, 9.17) is 23.2 Å². The Balaban J connectivity index is 0.00000264. The fourth-order valence-electron chi connectivity index (χ4n) is 1.83. The highest BCUT2D eigenvalue weighted by molar-refractivity contribution is 14.0. The lowest BCUT2D eigenvalue weighted by atomic mass is 10.2. The van der Waals surface area contributed by atoms with Crippen LogP contribution in [0.4, 0.5) is 0 Å². The van der Waals surface area contributed by atoms with Crippen LogP contribution in [0.3, 0.4) is 0 Å². The van der Waals surface area contributed by atoms with Gasteiger partial charge in [-0.25, -0.2) is 4.98 Å². The van der Waals surface area contributed by atoms with Crippen LogP contribution in [0.2, 0.25) is 10.0 Å². The summed E-state index contributed by atoms with van der Waals surface area (Å²) in [5.41, 5.74) is 1.99. The van der Waals surface area contributed by atoms with Gasteiger partial charge in [0.1, 0.15) is 0 Å². The normalized spacial score (nSPS) is 11.0. The Morgan fingerprint density at radius 3 is 2.61 bits per heavy atom. The van der Waals surface area contributed by atoms with Gasteiger partial charge in [-0.05, 0) is 24.1 Å². The second-order valence-electron chi connectivity index (χ2n) is 4.60. The molecule has 1 heterocycles. The van der Waals surface area contributed by atoms with Crippen molar-refractivity contribution in [1.29, 1.82) is 0 Å². The summed E-state index contributed by atoms with van der Waals surface area (Å²) < 4.78 is 0. The van der Waals surface area contributed by atoms with Crippen molar-refractivity contribution in [1.82, 2.24) is 15.6 Å². The summed E-state index contributed by atoms with van der Waals surface area (Å²) in [5.74, 6) is 0.706. The molecule has 2 aromatic rings. The number of benzene rings is 1. The van der Waals surface area contributed by atoms with E-state index in [1.54, 1.807) is 24.5 Å². The van der Waals surface area contributed by atoms with E-state index in [0.29, 0.717) is 29.1 Å². The molecule has 23 heavy (non-hydrogen) atoms. The molecule has 0 unspecified atom stereocenters. The van der Waals surface area contributed by atoms with E-state index >= 15 is 0 Å². The molecule has 0 aliphatic carbocycles. The van der Waals surface area contributed by atoms with Gasteiger partial charge >= 0.3 is 0 Å². The average Bonchev–Trinajstić information content (AvgIpc) is 2.97. The highest BCUT2D eigenvalue weighted by Crippen LogP contribution is 2.20. The second kappa shape index (κ2) is 10.3. The molecule has 0 fully saturated rings. The largest absolute Gasteiger partial charge is 0.352 e. The fraction of sp³-hybridized carbons (Fsp3) is 0.333. The van der Waals surface area contributed by atoms with Crippen LogP contribution in [-0.4, -0.2) is 18.0 Å². The van der Waals surface area contributed by atoms with Gasteiger partial charge in [-0.2, -0.15) is 0 Å². The van der Waals surface area contributed by atoms with Gasteiger partial charge in [-0.15, -0.1) is 35.3 Å². The predicted molar refractivity (Wildman–Crippen MR) is 110 cm³/mol. The highest BCUT2D eigenvalue weighted by atomic mass is 127. The Morgan fingerprint density at radius 1 is 1.26 bits per heavy atom. The average molecular weight is 485 g/mol. The molecule has 0 amide bonds. The van der Waals surface area contributed by atoms with Gasteiger partial charge in [0.25, 0.3) is 0 Å². The van der Waals surface area contributed by atoms with Crippen LogP contribution < -0.4 is 10.6 Å². The van der Waals surface area contributed by atoms with Crippen molar-refractivity contribution in [3.8, 4) is 0 Å². The molecule has 0 atom stereocenters. The maximum absolute atomic E-state index is 6.15. The van der Waals surface area contributed by atoms with E-state index in [1.165, 1.54) is 0 Å². The Kier molecular flexibility index (Phi) is 9.19. The number of aliphatic imine (C=N–C) groups is 1. The zero-order valence-electron chi connectivity index (χ0n) is 12.9. The number of aromatic nitrogens is 1. The van der Waals surface area contributed by atoms with Crippen LogP contribution in [0.5, 0.6) is 0 Å². The molecule has 126 valence electrons. The topological polar surface area (TPSA) is 49.3 Å². The van der Waals surface area contributed by atoms with Crippen molar-refractivity contribution in [3.63, 3.8) is 0 Å². The first-order chi connectivity index (χ1) is 10.6. The highest BCUT2D eigenvalue weighted by Gasteiger charge is 2.05. The van der Waals surface area contributed by atoms with Gasteiger partial charge in [0, 0.05) is 29.0 Å². The molecular weight excluding hydrogens is 466 g/mol. The zero-order chi connectivity index (χ0) is 15.9. The number of hydrogen-bond donors (Lipinski definition) is 2. The SMILES string of the molecule is CCc1nc(CNC(=NC)NCc2ccc(Cl)cc2Cl)cs1.I. The number of nitrogens with one attached hydrogen (secondary N) is 2. The zero-order valence-corrected chi connectivity index (χ0v) is 17.6. The molecule has 0 saturated carbocycles. The first-order valence-corrected chi connectivity index (χ1v) is 8.57. The van der Waals surface area contributed by atoms with Gasteiger partial charge < -0.3 is 10.6 Å². The minimum absolute atomic E-state index is 0. The first-order valence-electron chi connectivity index (χ1n) is 6.94. The van der Waals surface area contributed by atoms with Crippen LogP contribution in [0.1, 0.15) is 23.2 Å². The predicted octanol–water partition coefficient (Wildman–Crippen LogP) is 4.50. The Labute approximate surface area is 167 Å². The van der Waals surface area contributed by atoms with E-state index in [-0.39, 0.29) is 24.0 Å². The number of thiazole rings is 1. The summed E-state index contributed by atoms with van der Waals surface area (Å²) in [4.78, 5) is 8.71. The van der Waals surface area contributed by atoms with E-state index in [2.05, 4.69) is 32.9 Å². The second-order valence-corrected chi connectivity index (χ2v) is 6.39. The molecular formula is C15H19Cl2IN4S. The van der Waals surface area contributed by atoms with Crippen molar-refractivity contribution in [3.05, 3.63) is 49.9 Å². The maximum Gasteiger partial charge on any atom is 0.191 e. The molecule has 2 N–H and O–H groups in total. The van der Waals surface area contributed by atoms with Crippen molar-refractivity contribution in [2.24, 2.45) is 4.99 Å². The minimum Gasteiger partial charge on any atom is -0.352 e. The molecule has 0 saturated heterocycles. The minimum atomic E-state index is 0. The Morgan fingerprint density at radius 2 is 2.00 bits per heavy atom. The van der Waals surface area contributed by atoms with Gasteiger partial charge in [0.2, 0.25) is 0 Å². The van der Waals surface area contributed by atoms with E-state index in [0.717, 1.165) is 22.7 Å². The van der Waals surface area contributed by atoms with Gasteiger partial charge in [-0.1, -0.05) is 36.2 Å². The van der Waals surface area contributed by atoms with Crippen molar-refractivity contribution in [2.45, 2.75) is 26.4 Å². The smallest absolute Gasteiger partial charge is 0.191 e. The monoisotopic (exact) mass is 484 g/mol. The molecule has 1 aromatic heterocycles. The lowest BCUT2D eigenvalue weighted by Crippen LogP contribution is -2.36. The quantitative estimate of drug-likeness (QED) is 0.373. The summed E-state index contributed by atoms with van der Waals surface area (Å²) in [6.45, 7) is 3.32. The molecule has 8 heteroatoms. The number of guanidine groups is 1. The van der Waals surface area contributed by atoms with Gasteiger partial charge in [-0.3, -0.25) is 4.99 Å². The molecule has 4 nitrogen and oxygen atoms in total. The third kappa shape index (κ3) is 6.45. The van der Waals surface area contributed by atoms with E-state index in [9.17, 15) is 0 Å². The van der Waals surface area contributed by atoms with E-state index in [1.807, 2.05) is 12.1 Å². The summed E-state index contributed by atoms with van der Waals surface area (Å²) >= 11 is 13.7. The Bertz CT molecular complexity index is 661. The van der Waals surface area contributed by atoms with Crippen LogP contribution in [0.25, 0.3) is 0 Å². The van der Waals surface area contributed by atoms with Crippen molar-refractivity contribution >= 4 is 64.5 Å². The van der Waals surface area contributed by atoms with Crippen molar-refractivity contribution < 1.29 is 0 Å². The molecule has 0 aliphatic rings. The fourth-order valence-corrected chi connectivity index (χ4v) is 3.05. The van der Waals surface area contributed by atoms with Crippen LogP contribution >= 0.6 is 58.5 Å². The summed E-state index contributed by atoms with van der Waals surface area (Å²) in [6, 6.07) is 5.46. The summed E-state index contributed by atoms with van der Waals surface area (Å²) in [5, 5.41) is 10.9. The Hall–Kier alpha value is -0.570. The number of aryl methyl sites for hydroxylation is 1. The third-order valence-electron chi connectivity index (χ3n) is 3.02. The molecule has 0 aliphatic heterocycles.